The van der Waals surface area contributed by atoms with Gasteiger partial charge in [0.25, 0.3) is 0 Å². The predicted molar refractivity (Wildman–Crippen MR) is 175 cm³/mol. The van der Waals surface area contributed by atoms with Crippen LogP contribution in [0.15, 0.2) is 80.2 Å². The molecular weight excluding hydrogens is 522 g/mol. The molecule has 0 aromatic heterocycles. The van der Waals surface area contributed by atoms with Crippen molar-refractivity contribution in [3.8, 4) is 0 Å². The third-order valence-electron chi connectivity index (χ3n) is 8.10. The van der Waals surface area contributed by atoms with Crippen molar-refractivity contribution in [2.45, 2.75) is 106 Å². The van der Waals surface area contributed by atoms with Gasteiger partial charge in [-0.3, -0.25) is 14.6 Å². The molecule has 0 aromatic rings. The second-order valence-electron chi connectivity index (χ2n) is 11.7. The van der Waals surface area contributed by atoms with Gasteiger partial charge in [0, 0.05) is 30.1 Å². The zero-order chi connectivity index (χ0) is 30.8. The molecule has 0 saturated carbocycles. The minimum absolute atomic E-state index is 0.186. The Balaban J connectivity index is 2.12. The summed E-state index contributed by atoms with van der Waals surface area (Å²) >= 11 is 0. The number of nitrogens with two attached hydrogens (primary N) is 1. The second-order valence-corrected chi connectivity index (χ2v) is 11.7. The van der Waals surface area contributed by atoms with Crippen molar-refractivity contribution in [1.82, 2.24) is 9.80 Å². The van der Waals surface area contributed by atoms with Crippen LogP contribution in [-0.4, -0.2) is 45.9 Å². The van der Waals surface area contributed by atoms with E-state index < -0.39 is 0 Å². The first-order valence-electron chi connectivity index (χ1n) is 15.9. The van der Waals surface area contributed by atoms with Crippen LogP contribution in [0.1, 0.15) is 106 Å². The van der Waals surface area contributed by atoms with Crippen LogP contribution in [0.3, 0.4) is 0 Å². The largest absolute Gasteiger partial charge is 0.382 e. The topological polar surface area (TPSA) is 91.4 Å². The van der Waals surface area contributed by atoms with E-state index in [-0.39, 0.29) is 17.1 Å². The molecule has 0 radical (unpaired) electrons. The Morgan fingerprint density at radius 3 is 2.48 bits per heavy atom. The number of aliphatic imine (C=N–C) groups is 2. The first-order valence-corrected chi connectivity index (χ1v) is 15.9. The van der Waals surface area contributed by atoms with Gasteiger partial charge in [-0.15, -0.1) is 0 Å². The van der Waals surface area contributed by atoms with Crippen molar-refractivity contribution >= 4 is 23.0 Å². The molecule has 7 heteroatoms. The van der Waals surface area contributed by atoms with Crippen LogP contribution < -0.4 is 5.73 Å². The highest BCUT2D eigenvalue weighted by molar-refractivity contribution is 6.35. The van der Waals surface area contributed by atoms with E-state index >= 15 is 0 Å². The number of hydrogen-bond donors (Lipinski definition) is 1. The van der Waals surface area contributed by atoms with Gasteiger partial charge >= 0.3 is 0 Å². The highest BCUT2D eigenvalue weighted by atomic mass is 16.2. The smallest absolute Gasteiger partial charge is 0.192 e. The molecule has 1 unspecified atom stereocenters. The molecule has 1 atom stereocenters. The van der Waals surface area contributed by atoms with E-state index in [2.05, 4.69) is 58.6 Å². The minimum atomic E-state index is -0.251. The van der Waals surface area contributed by atoms with Gasteiger partial charge in [-0.2, -0.15) is 0 Å². The fourth-order valence-corrected chi connectivity index (χ4v) is 5.68. The van der Waals surface area contributed by atoms with E-state index in [9.17, 15) is 9.59 Å². The number of rotatable bonds is 14. The van der Waals surface area contributed by atoms with Gasteiger partial charge < -0.3 is 15.5 Å². The molecule has 3 rings (SSSR count). The van der Waals surface area contributed by atoms with Crippen molar-refractivity contribution in [3.05, 3.63) is 70.3 Å². The van der Waals surface area contributed by atoms with Crippen LogP contribution in [0.25, 0.3) is 0 Å². The highest BCUT2D eigenvalue weighted by Gasteiger charge is 2.33. The molecule has 0 aromatic carbocycles. The first kappa shape index (κ1) is 33.0. The summed E-state index contributed by atoms with van der Waals surface area (Å²) in [6.07, 6.45) is 18.4. The lowest BCUT2D eigenvalue weighted by atomic mass is 9.98. The van der Waals surface area contributed by atoms with E-state index in [0.717, 1.165) is 86.5 Å². The standard InChI is InChI=1S/C35H51N5O2/c1-8-12-16-26(7)37-30-18-14-13-17-27(30)23-40-32(20-19-29-31(41)22-25(6)33(29)42)39(11-4)34(36)35(40)38-28(10-3)21-24(5)15-9-2/h14,18-20,22,24H,8-13,15-17,21,23,36H2,1-7H3/b29-19+,32-20-,37-26?,38-28?. The van der Waals surface area contributed by atoms with Crippen LogP contribution >= 0.6 is 0 Å². The van der Waals surface area contributed by atoms with Gasteiger partial charge in [0.15, 0.2) is 17.4 Å². The fourth-order valence-electron chi connectivity index (χ4n) is 5.68. The summed E-state index contributed by atoms with van der Waals surface area (Å²) in [5.41, 5.74) is 12.0. The zero-order valence-electron chi connectivity index (χ0n) is 26.9. The summed E-state index contributed by atoms with van der Waals surface area (Å²) in [6, 6.07) is 0. The van der Waals surface area contributed by atoms with Crippen molar-refractivity contribution in [2.24, 2.45) is 21.6 Å². The number of hydrogen-bond acceptors (Lipinski definition) is 7. The van der Waals surface area contributed by atoms with Crippen molar-refractivity contribution < 1.29 is 9.59 Å². The maximum absolute atomic E-state index is 12.7. The number of carbonyl (C=O) groups is 2. The second kappa shape index (κ2) is 15.7. The average molecular weight is 574 g/mol. The molecule has 3 aliphatic rings. The Bertz CT molecular complexity index is 1290. The zero-order valence-corrected chi connectivity index (χ0v) is 26.9. The van der Waals surface area contributed by atoms with Gasteiger partial charge in [-0.05, 0) is 95.1 Å². The Morgan fingerprint density at radius 1 is 1.10 bits per heavy atom. The fraction of sp³-hybridized carbons (Fsp3) is 0.543. The van der Waals surface area contributed by atoms with Crippen molar-refractivity contribution in [1.29, 1.82) is 0 Å². The molecule has 7 nitrogen and oxygen atoms in total. The van der Waals surface area contributed by atoms with E-state index in [1.165, 1.54) is 11.6 Å². The molecule has 2 N–H and O–H groups in total. The van der Waals surface area contributed by atoms with Gasteiger partial charge in [0.1, 0.15) is 11.6 Å². The van der Waals surface area contributed by atoms with Crippen LogP contribution in [0.4, 0.5) is 0 Å². The summed E-state index contributed by atoms with van der Waals surface area (Å²) < 4.78 is 0. The molecule has 0 fully saturated rings. The summed E-state index contributed by atoms with van der Waals surface area (Å²) in [7, 11) is 0. The normalized spacial score (nSPS) is 21.2. The molecule has 2 aliphatic carbocycles. The average Bonchev–Trinajstić information content (AvgIpc) is 3.35. The summed E-state index contributed by atoms with van der Waals surface area (Å²) in [5, 5.41) is 0. The Hall–Kier alpha value is -3.48. The van der Waals surface area contributed by atoms with Gasteiger partial charge in [-0.25, -0.2) is 4.99 Å². The monoisotopic (exact) mass is 573 g/mol. The van der Waals surface area contributed by atoms with E-state index in [1.54, 1.807) is 13.0 Å². The summed E-state index contributed by atoms with van der Waals surface area (Å²) in [5.74, 6) is 2.20. The van der Waals surface area contributed by atoms with Gasteiger partial charge in [0.2, 0.25) is 0 Å². The number of unbranched alkanes of at least 4 members (excludes halogenated alkanes) is 1. The first-order chi connectivity index (χ1) is 20.1. The lowest BCUT2D eigenvalue weighted by Crippen LogP contribution is -2.28. The quantitative estimate of drug-likeness (QED) is 0.132. The maximum Gasteiger partial charge on any atom is 0.192 e. The van der Waals surface area contributed by atoms with Gasteiger partial charge in [0.05, 0.1) is 11.3 Å². The molecule has 0 spiro atoms. The Morgan fingerprint density at radius 2 is 1.86 bits per heavy atom. The molecule has 1 heterocycles. The Kier molecular flexibility index (Phi) is 12.3. The molecule has 0 bridgehead atoms. The van der Waals surface area contributed by atoms with Crippen LogP contribution in [0.2, 0.25) is 0 Å². The number of allylic oxidation sites excluding steroid dienone is 7. The van der Waals surface area contributed by atoms with E-state index in [0.29, 0.717) is 30.4 Å². The SMILES string of the molecule is CCCCC(C)=NC1=C(CN2C(N=C(CC)CC(C)CCC)=C(N)N(CC)/C2=C/C=C2\C(=O)C=C(C)C2=O)CCC=C1. The molecule has 228 valence electrons. The van der Waals surface area contributed by atoms with Crippen molar-refractivity contribution in [3.63, 3.8) is 0 Å². The van der Waals surface area contributed by atoms with Crippen LogP contribution in [0.5, 0.6) is 0 Å². The van der Waals surface area contributed by atoms with Crippen LogP contribution in [0, 0.1) is 5.92 Å². The molecule has 42 heavy (non-hydrogen) atoms. The molecular formula is C35H51N5O2. The number of Topliss-reactive ketones (excluding diaryl/α,β-unsaturated/α-hetero) is 1. The summed E-state index contributed by atoms with van der Waals surface area (Å²) in [6.45, 7) is 15.9. The van der Waals surface area contributed by atoms with E-state index in [4.69, 9.17) is 15.7 Å². The highest BCUT2D eigenvalue weighted by Crippen LogP contribution is 2.35. The Labute approximate surface area is 253 Å². The van der Waals surface area contributed by atoms with E-state index in [1.807, 2.05) is 11.0 Å². The lowest BCUT2D eigenvalue weighted by Gasteiger charge is -2.27. The molecule has 0 saturated heterocycles. The third kappa shape index (κ3) is 8.08. The van der Waals surface area contributed by atoms with Crippen LogP contribution in [-0.2, 0) is 9.59 Å². The number of carbonyl (C=O) groups excluding carboxylic acids is 2. The number of ketones is 2. The van der Waals surface area contributed by atoms with Gasteiger partial charge in [-0.1, -0.05) is 53.0 Å². The van der Waals surface area contributed by atoms with Crippen molar-refractivity contribution in [2.75, 3.05) is 13.1 Å². The number of nitrogens with zero attached hydrogens (tertiary/aromatic N) is 4. The summed E-state index contributed by atoms with van der Waals surface area (Å²) in [4.78, 5) is 39.6. The predicted octanol–water partition coefficient (Wildman–Crippen LogP) is 7.51. The molecule has 1 aliphatic heterocycles. The third-order valence-corrected chi connectivity index (χ3v) is 8.10. The minimum Gasteiger partial charge on any atom is -0.382 e. The lowest BCUT2D eigenvalue weighted by molar-refractivity contribution is -0.115. The maximum atomic E-state index is 12.7. The molecule has 0 amide bonds.